The van der Waals surface area contributed by atoms with E-state index in [9.17, 15) is 4.79 Å². The van der Waals surface area contributed by atoms with E-state index in [0.29, 0.717) is 11.9 Å². The van der Waals surface area contributed by atoms with E-state index in [-0.39, 0.29) is 11.8 Å². The lowest BCUT2D eigenvalue weighted by Crippen LogP contribution is -2.14. The lowest BCUT2D eigenvalue weighted by atomic mass is 10.1. The Kier molecular flexibility index (Phi) is 4.32. The van der Waals surface area contributed by atoms with Crippen LogP contribution in [0.5, 0.6) is 0 Å². The van der Waals surface area contributed by atoms with Crippen LogP contribution >= 0.6 is 0 Å². The first-order valence-corrected chi connectivity index (χ1v) is 11.0. The largest absolute Gasteiger partial charge is 0.373 e. The van der Waals surface area contributed by atoms with Gasteiger partial charge in [0.15, 0.2) is 0 Å². The van der Waals surface area contributed by atoms with Crippen molar-refractivity contribution in [1.82, 2.24) is 19.7 Å². The summed E-state index contributed by atoms with van der Waals surface area (Å²) in [6, 6.07) is 8.65. The molecule has 1 aromatic carbocycles. The van der Waals surface area contributed by atoms with Crippen molar-refractivity contribution in [3.8, 4) is 11.8 Å². The van der Waals surface area contributed by atoms with Gasteiger partial charge in [-0.3, -0.25) is 9.48 Å². The molecule has 0 unspecified atom stereocenters. The maximum absolute atomic E-state index is 12.2. The number of rotatable bonds is 4. The molecule has 2 saturated carbocycles. The number of anilines is 2. The summed E-state index contributed by atoms with van der Waals surface area (Å²) >= 11 is 0. The van der Waals surface area contributed by atoms with Crippen LogP contribution in [0.15, 0.2) is 42.9 Å². The first-order valence-electron chi connectivity index (χ1n) is 11.0. The molecule has 7 nitrogen and oxygen atoms in total. The molecular formula is C25H22N6O. The van der Waals surface area contributed by atoms with Crippen molar-refractivity contribution >= 4 is 39.2 Å². The molecule has 3 aromatic heterocycles. The van der Waals surface area contributed by atoms with E-state index in [1.807, 2.05) is 25.4 Å². The fraction of sp³-hybridized carbons (Fsp3) is 0.280. The SMILES string of the molecule is CNc1ncc(C#Cc2ccc3c(cnn3C3CC3)c2)c2cc(NC(=O)C3CC3)ncc12. The molecule has 0 spiro atoms. The molecule has 0 aliphatic heterocycles. The van der Waals surface area contributed by atoms with Gasteiger partial charge in [-0.25, -0.2) is 9.97 Å². The van der Waals surface area contributed by atoms with Crippen LogP contribution in [0.1, 0.15) is 42.9 Å². The smallest absolute Gasteiger partial charge is 0.228 e. The Hall–Kier alpha value is -3.92. The predicted octanol–water partition coefficient (Wildman–Crippen LogP) is 4.10. The Morgan fingerprint density at radius 2 is 1.91 bits per heavy atom. The lowest BCUT2D eigenvalue weighted by molar-refractivity contribution is -0.117. The number of pyridine rings is 2. The molecule has 7 heteroatoms. The van der Waals surface area contributed by atoms with Gasteiger partial charge in [-0.1, -0.05) is 11.8 Å². The molecular weight excluding hydrogens is 400 g/mol. The van der Waals surface area contributed by atoms with E-state index < -0.39 is 0 Å². The monoisotopic (exact) mass is 422 g/mol. The lowest BCUT2D eigenvalue weighted by Gasteiger charge is -2.09. The van der Waals surface area contributed by atoms with Crippen molar-refractivity contribution in [2.24, 2.45) is 5.92 Å². The minimum atomic E-state index is 0.0347. The average molecular weight is 422 g/mol. The number of nitrogens with zero attached hydrogens (tertiary/aromatic N) is 4. The van der Waals surface area contributed by atoms with Crippen LogP contribution in [-0.4, -0.2) is 32.7 Å². The fourth-order valence-corrected chi connectivity index (χ4v) is 3.96. The summed E-state index contributed by atoms with van der Waals surface area (Å²) in [4.78, 5) is 21.1. The molecule has 6 rings (SSSR count). The summed E-state index contributed by atoms with van der Waals surface area (Å²) in [5.74, 6) is 7.97. The van der Waals surface area contributed by atoms with Crippen LogP contribution < -0.4 is 10.6 Å². The van der Waals surface area contributed by atoms with Gasteiger partial charge >= 0.3 is 0 Å². The van der Waals surface area contributed by atoms with Crippen LogP contribution in [0, 0.1) is 17.8 Å². The Bertz CT molecular complexity index is 1440. The highest BCUT2D eigenvalue weighted by molar-refractivity contribution is 5.99. The van der Waals surface area contributed by atoms with Crippen molar-refractivity contribution in [3.05, 3.63) is 54.0 Å². The van der Waals surface area contributed by atoms with Gasteiger partial charge in [-0.2, -0.15) is 5.10 Å². The average Bonchev–Trinajstić information content (AvgIpc) is 3.74. The first kappa shape index (κ1) is 18.8. The van der Waals surface area contributed by atoms with Gasteiger partial charge in [-0.15, -0.1) is 0 Å². The molecule has 2 aliphatic rings. The Morgan fingerprint density at radius 3 is 2.69 bits per heavy atom. The highest BCUT2D eigenvalue weighted by Crippen LogP contribution is 2.36. The number of hydrogen-bond donors (Lipinski definition) is 2. The zero-order chi connectivity index (χ0) is 21.7. The van der Waals surface area contributed by atoms with Crippen LogP contribution in [-0.2, 0) is 4.79 Å². The summed E-state index contributed by atoms with van der Waals surface area (Å²) in [5, 5.41) is 13.4. The Morgan fingerprint density at radius 1 is 1.03 bits per heavy atom. The second-order valence-electron chi connectivity index (χ2n) is 8.49. The standard InChI is InChI=1S/C25H22N6O/c1-26-24-21-14-27-23(30-25(32)16-5-6-16)11-20(21)17(12-28-24)4-2-15-3-9-22-18(10-15)13-29-31(22)19-7-8-19/h3,9-14,16,19H,5-8H2,1H3,(H,26,28)(H,27,30,32). The van der Waals surface area contributed by atoms with Gasteiger partial charge in [0.25, 0.3) is 0 Å². The van der Waals surface area contributed by atoms with Gasteiger partial charge in [0, 0.05) is 47.1 Å². The number of carbonyl (C=O) groups is 1. The summed E-state index contributed by atoms with van der Waals surface area (Å²) in [7, 11) is 1.83. The maximum atomic E-state index is 12.2. The second-order valence-corrected chi connectivity index (χ2v) is 8.49. The minimum absolute atomic E-state index is 0.0347. The quantitative estimate of drug-likeness (QED) is 0.484. The van der Waals surface area contributed by atoms with Gasteiger partial charge in [0.1, 0.15) is 11.6 Å². The summed E-state index contributed by atoms with van der Waals surface area (Å²) in [5.41, 5.74) is 2.87. The second kappa shape index (κ2) is 7.34. The fourth-order valence-electron chi connectivity index (χ4n) is 3.96. The van der Waals surface area contributed by atoms with Crippen molar-refractivity contribution < 1.29 is 4.79 Å². The maximum Gasteiger partial charge on any atom is 0.228 e. The predicted molar refractivity (Wildman–Crippen MR) is 124 cm³/mol. The van der Waals surface area contributed by atoms with Crippen molar-refractivity contribution in [2.45, 2.75) is 31.7 Å². The topological polar surface area (TPSA) is 84.7 Å². The molecule has 1 amide bonds. The highest BCUT2D eigenvalue weighted by Gasteiger charge is 2.30. The number of benzene rings is 1. The molecule has 2 fully saturated rings. The zero-order valence-corrected chi connectivity index (χ0v) is 17.7. The Balaban J connectivity index is 1.37. The van der Waals surface area contributed by atoms with Crippen molar-refractivity contribution in [3.63, 3.8) is 0 Å². The van der Waals surface area contributed by atoms with Gasteiger partial charge in [0.05, 0.1) is 23.3 Å². The van der Waals surface area contributed by atoms with Crippen LogP contribution in [0.2, 0.25) is 0 Å². The molecule has 0 saturated heterocycles. The normalized spacial score (nSPS) is 15.4. The number of amides is 1. The third-order valence-electron chi connectivity index (χ3n) is 6.04. The molecule has 2 aliphatic carbocycles. The Labute approximate surface area is 185 Å². The van der Waals surface area contributed by atoms with Gasteiger partial charge in [-0.05, 0) is 49.9 Å². The number of fused-ring (bicyclic) bond motifs is 2. The van der Waals surface area contributed by atoms with E-state index >= 15 is 0 Å². The molecule has 158 valence electrons. The van der Waals surface area contributed by atoms with Crippen LogP contribution in [0.4, 0.5) is 11.6 Å². The van der Waals surface area contributed by atoms with E-state index in [2.05, 4.69) is 54.4 Å². The van der Waals surface area contributed by atoms with E-state index in [0.717, 1.165) is 51.5 Å². The molecule has 4 aromatic rings. The van der Waals surface area contributed by atoms with Gasteiger partial charge < -0.3 is 10.6 Å². The molecule has 0 bridgehead atoms. The summed E-state index contributed by atoms with van der Waals surface area (Å²) in [6.07, 6.45) is 9.73. The van der Waals surface area contributed by atoms with Crippen LogP contribution in [0.25, 0.3) is 21.7 Å². The van der Waals surface area contributed by atoms with E-state index in [1.54, 1.807) is 12.4 Å². The third kappa shape index (κ3) is 3.44. The van der Waals surface area contributed by atoms with Crippen LogP contribution in [0.3, 0.4) is 0 Å². The number of nitrogens with one attached hydrogen (secondary N) is 2. The molecule has 2 N–H and O–H groups in total. The van der Waals surface area contributed by atoms with E-state index in [4.69, 9.17) is 0 Å². The number of hydrogen-bond acceptors (Lipinski definition) is 5. The zero-order valence-electron chi connectivity index (χ0n) is 17.7. The summed E-state index contributed by atoms with van der Waals surface area (Å²) < 4.78 is 2.12. The first-order chi connectivity index (χ1) is 15.7. The minimum Gasteiger partial charge on any atom is -0.373 e. The highest BCUT2D eigenvalue weighted by atomic mass is 16.2. The number of aromatic nitrogens is 4. The molecule has 3 heterocycles. The van der Waals surface area contributed by atoms with Crippen molar-refractivity contribution in [2.75, 3.05) is 17.7 Å². The van der Waals surface area contributed by atoms with Gasteiger partial charge in [0.2, 0.25) is 5.91 Å². The summed E-state index contributed by atoms with van der Waals surface area (Å²) in [6.45, 7) is 0. The molecule has 32 heavy (non-hydrogen) atoms. The molecule has 0 atom stereocenters. The third-order valence-corrected chi connectivity index (χ3v) is 6.04. The number of carbonyl (C=O) groups excluding carboxylic acids is 1. The molecule has 0 radical (unpaired) electrons. The van der Waals surface area contributed by atoms with E-state index in [1.165, 1.54) is 12.8 Å². The van der Waals surface area contributed by atoms with Crippen molar-refractivity contribution in [1.29, 1.82) is 0 Å².